The van der Waals surface area contributed by atoms with Crippen LogP contribution in [0.3, 0.4) is 0 Å². The van der Waals surface area contributed by atoms with Crippen LogP contribution < -0.4 is 5.32 Å². The van der Waals surface area contributed by atoms with Crippen molar-refractivity contribution in [2.45, 2.75) is 45.1 Å². The molecule has 0 bridgehead atoms. The van der Waals surface area contributed by atoms with Crippen molar-refractivity contribution in [3.63, 3.8) is 0 Å². The molecule has 0 amide bonds. The lowest BCUT2D eigenvalue weighted by atomic mass is 9.97. The van der Waals surface area contributed by atoms with Gasteiger partial charge >= 0.3 is 0 Å². The van der Waals surface area contributed by atoms with Gasteiger partial charge in [0.25, 0.3) is 0 Å². The van der Waals surface area contributed by atoms with Crippen LogP contribution in [0.5, 0.6) is 0 Å². The highest BCUT2D eigenvalue weighted by Crippen LogP contribution is 2.20. The third-order valence-corrected chi connectivity index (χ3v) is 3.25. The summed E-state index contributed by atoms with van der Waals surface area (Å²) in [7, 11) is 0. The van der Waals surface area contributed by atoms with Gasteiger partial charge in [-0.1, -0.05) is 11.6 Å². The Bertz CT molecular complexity index is 327. The monoisotopic (exact) mass is 219 g/mol. The minimum absolute atomic E-state index is 0.319. The van der Waals surface area contributed by atoms with Crippen LogP contribution in [0.25, 0.3) is 0 Å². The maximum atomic E-state index is 5.36. The van der Waals surface area contributed by atoms with E-state index < -0.39 is 0 Å². The highest BCUT2D eigenvalue weighted by Gasteiger charge is 2.08. The average molecular weight is 219 g/mol. The highest BCUT2D eigenvalue weighted by molar-refractivity contribution is 5.06. The van der Waals surface area contributed by atoms with E-state index in [4.69, 9.17) is 4.42 Å². The lowest BCUT2D eigenvalue weighted by molar-refractivity contribution is 0.431. The number of allylic oxidation sites excluding steroid dienone is 1. The molecule has 1 aromatic rings. The number of hydrogen-bond donors (Lipinski definition) is 1. The van der Waals surface area contributed by atoms with Gasteiger partial charge in [-0.25, -0.2) is 0 Å². The van der Waals surface area contributed by atoms with Crippen LogP contribution in [0.4, 0.5) is 0 Å². The van der Waals surface area contributed by atoms with Crippen LogP contribution in [-0.4, -0.2) is 6.54 Å². The van der Waals surface area contributed by atoms with Crippen molar-refractivity contribution >= 4 is 0 Å². The summed E-state index contributed by atoms with van der Waals surface area (Å²) < 4.78 is 5.36. The maximum Gasteiger partial charge on any atom is 0.120 e. The second kappa shape index (κ2) is 5.90. The van der Waals surface area contributed by atoms with E-state index in [1.165, 1.54) is 32.1 Å². The topological polar surface area (TPSA) is 25.2 Å². The quantitative estimate of drug-likeness (QED) is 0.761. The molecule has 1 N–H and O–H groups in total. The molecule has 1 heterocycles. The lowest BCUT2D eigenvalue weighted by Gasteiger charge is -2.15. The van der Waals surface area contributed by atoms with Crippen molar-refractivity contribution in [1.29, 1.82) is 0 Å². The van der Waals surface area contributed by atoms with E-state index in [1.807, 2.05) is 12.1 Å². The third kappa shape index (κ3) is 3.24. The van der Waals surface area contributed by atoms with Crippen LogP contribution in [0.2, 0.25) is 0 Å². The zero-order valence-corrected chi connectivity index (χ0v) is 10.0. The van der Waals surface area contributed by atoms with Crippen molar-refractivity contribution in [2.75, 3.05) is 6.54 Å². The summed E-state index contributed by atoms with van der Waals surface area (Å²) in [6.07, 6.45) is 10.7. The summed E-state index contributed by atoms with van der Waals surface area (Å²) in [6.45, 7) is 3.20. The van der Waals surface area contributed by atoms with Gasteiger partial charge in [0, 0.05) is 0 Å². The Kier molecular flexibility index (Phi) is 4.23. The molecule has 2 nitrogen and oxygen atoms in total. The van der Waals surface area contributed by atoms with E-state index in [0.29, 0.717) is 6.04 Å². The molecule has 0 radical (unpaired) electrons. The molecule has 1 aliphatic rings. The Hall–Kier alpha value is -1.02. The molecular weight excluding hydrogens is 198 g/mol. The zero-order chi connectivity index (χ0) is 11.2. The average Bonchev–Trinajstić information content (AvgIpc) is 2.84. The first-order valence-electron chi connectivity index (χ1n) is 6.31. The first-order chi connectivity index (χ1) is 7.86. The molecule has 1 aliphatic carbocycles. The SMILES string of the molecule is CC(NCCC1=CCCCC1)c1ccco1. The Morgan fingerprint density at radius 2 is 2.38 bits per heavy atom. The summed E-state index contributed by atoms with van der Waals surface area (Å²) in [5.74, 6) is 1.03. The van der Waals surface area contributed by atoms with Crippen molar-refractivity contribution < 1.29 is 4.42 Å². The first kappa shape index (κ1) is 11.5. The van der Waals surface area contributed by atoms with Crippen LogP contribution in [0.15, 0.2) is 34.5 Å². The molecule has 2 heteroatoms. The molecule has 0 aromatic carbocycles. The Labute approximate surface area is 97.7 Å². The van der Waals surface area contributed by atoms with Crippen molar-refractivity contribution in [3.8, 4) is 0 Å². The van der Waals surface area contributed by atoms with Crippen LogP contribution in [-0.2, 0) is 0 Å². The van der Waals surface area contributed by atoms with Gasteiger partial charge in [-0.3, -0.25) is 0 Å². The summed E-state index contributed by atoms with van der Waals surface area (Å²) in [5, 5.41) is 3.50. The molecule has 0 saturated carbocycles. The van der Waals surface area contributed by atoms with Gasteiger partial charge in [0.15, 0.2) is 0 Å². The van der Waals surface area contributed by atoms with Crippen molar-refractivity contribution in [3.05, 3.63) is 35.8 Å². The Morgan fingerprint density at radius 3 is 3.06 bits per heavy atom. The van der Waals surface area contributed by atoms with E-state index in [0.717, 1.165) is 12.3 Å². The molecular formula is C14H21NO. The van der Waals surface area contributed by atoms with E-state index in [9.17, 15) is 0 Å². The van der Waals surface area contributed by atoms with Gasteiger partial charge in [0.2, 0.25) is 0 Å². The smallest absolute Gasteiger partial charge is 0.120 e. The summed E-state index contributed by atoms with van der Waals surface area (Å²) in [4.78, 5) is 0. The Morgan fingerprint density at radius 1 is 1.44 bits per heavy atom. The first-order valence-corrected chi connectivity index (χ1v) is 6.31. The minimum atomic E-state index is 0.319. The van der Waals surface area contributed by atoms with Gasteiger partial charge in [-0.2, -0.15) is 0 Å². The molecule has 0 fully saturated rings. The second-order valence-electron chi connectivity index (χ2n) is 4.55. The summed E-state index contributed by atoms with van der Waals surface area (Å²) in [5.41, 5.74) is 1.63. The van der Waals surface area contributed by atoms with E-state index in [1.54, 1.807) is 11.8 Å². The second-order valence-corrected chi connectivity index (χ2v) is 4.55. The van der Waals surface area contributed by atoms with Crippen LogP contribution in [0, 0.1) is 0 Å². The number of nitrogens with one attached hydrogen (secondary N) is 1. The van der Waals surface area contributed by atoms with Crippen LogP contribution >= 0.6 is 0 Å². The molecule has 1 aromatic heterocycles. The molecule has 16 heavy (non-hydrogen) atoms. The standard InChI is InChI=1S/C14H21NO/c1-12(14-8-5-11-16-14)15-10-9-13-6-3-2-4-7-13/h5-6,8,11-12,15H,2-4,7,9-10H2,1H3. The lowest BCUT2D eigenvalue weighted by Crippen LogP contribution is -2.20. The molecule has 2 rings (SSSR count). The Balaban J connectivity index is 1.69. The maximum absolute atomic E-state index is 5.36. The zero-order valence-electron chi connectivity index (χ0n) is 10.0. The molecule has 1 unspecified atom stereocenters. The number of furan rings is 1. The predicted octanol–water partition coefficient (Wildman–Crippen LogP) is 3.82. The molecule has 88 valence electrons. The van der Waals surface area contributed by atoms with Gasteiger partial charge < -0.3 is 9.73 Å². The van der Waals surface area contributed by atoms with E-state index in [2.05, 4.69) is 18.3 Å². The van der Waals surface area contributed by atoms with E-state index >= 15 is 0 Å². The predicted molar refractivity (Wildman–Crippen MR) is 66.3 cm³/mol. The normalized spacial score (nSPS) is 18.2. The number of rotatable bonds is 5. The third-order valence-electron chi connectivity index (χ3n) is 3.25. The van der Waals surface area contributed by atoms with Gasteiger partial charge in [0.1, 0.15) is 5.76 Å². The van der Waals surface area contributed by atoms with E-state index in [-0.39, 0.29) is 0 Å². The largest absolute Gasteiger partial charge is 0.468 e. The fraction of sp³-hybridized carbons (Fsp3) is 0.571. The van der Waals surface area contributed by atoms with Crippen LogP contribution in [0.1, 0.15) is 50.8 Å². The van der Waals surface area contributed by atoms with Crippen molar-refractivity contribution in [1.82, 2.24) is 5.32 Å². The molecule has 0 saturated heterocycles. The fourth-order valence-electron chi connectivity index (χ4n) is 2.22. The molecule has 0 aliphatic heterocycles. The summed E-state index contributed by atoms with van der Waals surface area (Å²) in [6, 6.07) is 4.29. The van der Waals surface area contributed by atoms with Gasteiger partial charge in [0.05, 0.1) is 12.3 Å². The number of hydrogen-bond acceptors (Lipinski definition) is 2. The molecule has 0 spiro atoms. The van der Waals surface area contributed by atoms with Crippen molar-refractivity contribution in [2.24, 2.45) is 0 Å². The van der Waals surface area contributed by atoms with Gasteiger partial charge in [-0.15, -0.1) is 0 Å². The fourth-order valence-corrected chi connectivity index (χ4v) is 2.22. The minimum Gasteiger partial charge on any atom is -0.468 e. The van der Waals surface area contributed by atoms with Gasteiger partial charge in [-0.05, 0) is 57.7 Å². The highest BCUT2D eigenvalue weighted by atomic mass is 16.3. The summed E-state index contributed by atoms with van der Waals surface area (Å²) >= 11 is 0. The molecule has 1 atom stereocenters.